The van der Waals surface area contributed by atoms with Gasteiger partial charge >= 0.3 is 0 Å². The quantitative estimate of drug-likeness (QED) is 0.728. The number of hydrogen-bond acceptors (Lipinski definition) is 4. The molecule has 114 valence electrons. The smallest absolute Gasteiger partial charge is 0.185 e. The van der Waals surface area contributed by atoms with Crippen LogP contribution in [0.2, 0.25) is 0 Å². The Hall–Kier alpha value is -0.160. The SMILES string of the molecule is COC(OC)C(C)(O)C1(CN)CCC(C(C)C)CC1. The van der Waals surface area contributed by atoms with Crippen LogP contribution in [0.3, 0.4) is 0 Å². The molecular weight excluding hydrogens is 242 g/mol. The maximum atomic E-state index is 10.9. The first-order valence-electron chi connectivity index (χ1n) is 7.32. The zero-order valence-corrected chi connectivity index (χ0v) is 13.1. The Morgan fingerprint density at radius 1 is 1.26 bits per heavy atom. The molecule has 1 fully saturated rings. The lowest BCUT2D eigenvalue weighted by molar-refractivity contribution is -0.256. The lowest BCUT2D eigenvalue weighted by Crippen LogP contribution is -2.60. The van der Waals surface area contributed by atoms with E-state index in [2.05, 4.69) is 13.8 Å². The van der Waals surface area contributed by atoms with Gasteiger partial charge < -0.3 is 20.3 Å². The summed E-state index contributed by atoms with van der Waals surface area (Å²) in [6.07, 6.45) is 3.47. The fourth-order valence-corrected chi connectivity index (χ4v) is 3.58. The minimum atomic E-state index is -1.06. The second-order valence-electron chi connectivity index (χ2n) is 6.52. The van der Waals surface area contributed by atoms with E-state index in [-0.39, 0.29) is 5.41 Å². The normalized spacial score (nSPS) is 31.7. The lowest BCUT2D eigenvalue weighted by atomic mass is 9.60. The van der Waals surface area contributed by atoms with Crippen LogP contribution in [0.25, 0.3) is 0 Å². The molecule has 0 bridgehead atoms. The summed E-state index contributed by atoms with van der Waals surface area (Å²) < 4.78 is 10.6. The van der Waals surface area contributed by atoms with Crippen molar-refractivity contribution in [3.8, 4) is 0 Å². The van der Waals surface area contributed by atoms with Crippen LogP contribution in [-0.4, -0.2) is 37.8 Å². The summed E-state index contributed by atoms with van der Waals surface area (Å²) >= 11 is 0. The van der Waals surface area contributed by atoms with Crippen molar-refractivity contribution in [1.82, 2.24) is 0 Å². The van der Waals surface area contributed by atoms with E-state index in [0.717, 1.165) is 31.6 Å². The van der Waals surface area contributed by atoms with Crippen molar-refractivity contribution in [2.24, 2.45) is 23.0 Å². The lowest BCUT2D eigenvalue weighted by Gasteiger charge is -2.51. The van der Waals surface area contributed by atoms with E-state index in [0.29, 0.717) is 12.5 Å². The molecule has 1 unspecified atom stereocenters. The van der Waals surface area contributed by atoms with Gasteiger partial charge in [-0.05, 0) is 44.4 Å². The Morgan fingerprint density at radius 2 is 1.74 bits per heavy atom. The second-order valence-corrected chi connectivity index (χ2v) is 6.52. The summed E-state index contributed by atoms with van der Waals surface area (Å²) in [5, 5.41) is 10.9. The highest BCUT2D eigenvalue weighted by molar-refractivity contribution is 5.01. The van der Waals surface area contributed by atoms with Crippen molar-refractivity contribution in [2.45, 2.75) is 58.3 Å². The number of aliphatic hydroxyl groups is 1. The predicted octanol–water partition coefficient (Wildman–Crippen LogP) is 2.15. The summed E-state index contributed by atoms with van der Waals surface area (Å²) in [7, 11) is 3.12. The standard InChI is InChI=1S/C15H31NO3/c1-11(2)12-6-8-15(10-16,9-7-12)14(3,17)13(18-4)19-5/h11-13,17H,6-10,16H2,1-5H3. The Kier molecular flexibility index (Phi) is 5.80. The second kappa shape index (κ2) is 6.53. The monoisotopic (exact) mass is 273 g/mol. The Bertz CT molecular complexity index is 267. The van der Waals surface area contributed by atoms with Crippen LogP contribution in [-0.2, 0) is 9.47 Å². The topological polar surface area (TPSA) is 64.7 Å². The van der Waals surface area contributed by atoms with Gasteiger partial charge in [0.15, 0.2) is 6.29 Å². The van der Waals surface area contributed by atoms with Crippen LogP contribution >= 0.6 is 0 Å². The van der Waals surface area contributed by atoms with Crippen LogP contribution in [0.4, 0.5) is 0 Å². The molecule has 1 atom stereocenters. The van der Waals surface area contributed by atoms with Gasteiger partial charge in [-0.3, -0.25) is 0 Å². The molecule has 1 aliphatic carbocycles. The highest BCUT2D eigenvalue weighted by atomic mass is 16.7. The number of methoxy groups -OCH3 is 2. The van der Waals surface area contributed by atoms with Gasteiger partial charge in [0.1, 0.15) is 5.60 Å². The summed E-state index contributed by atoms with van der Waals surface area (Å²) in [5.41, 5.74) is 4.65. The van der Waals surface area contributed by atoms with E-state index < -0.39 is 11.9 Å². The Morgan fingerprint density at radius 3 is 2.05 bits per heavy atom. The third kappa shape index (κ3) is 3.13. The third-order valence-electron chi connectivity index (χ3n) is 5.28. The van der Waals surface area contributed by atoms with Crippen molar-refractivity contribution in [3.63, 3.8) is 0 Å². The molecule has 0 heterocycles. The third-order valence-corrected chi connectivity index (χ3v) is 5.28. The van der Waals surface area contributed by atoms with Gasteiger partial charge in [-0.15, -0.1) is 0 Å². The fraction of sp³-hybridized carbons (Fsp3) is 1.00. The van der Waals surface area contributed by atoms with Crippen molar-refractivity contribution in [2.75, 3.05) is 20.8 Å². The van der Waals surface area contributed by atoms with E-state index in [1.165, 1.54) is 0 Å². The number of nitrogens with two attached hydrogens (primary N) is 1. The zero-order valence-electron chi connectivity index (χ0n) is 13.1. The van der Waals surface area contributed by atoms with Crippen LogP contribution in [0.15, 0.2) is 0 Å². The molecule has 1 rings (SSSR count). The van der Waals surface area contributed by atoms with E-state index in [1.807, 2.05) is 0 Å². The summed E-state index contributed by atoms with van der Waals surface area (Å²) in [5.74, 6) is 1.43. The molecule has 1 aliphatic rings. The summed E-state index contributed by atoms with van der Waals surface area (Å²) in [6.45, 7) is 6.80. The average molecular weight is 273 g/mol. The molecular formula is C15H31NO3. The first kappa shape index (κ1) is 16.9. The molecule has 0 radical (unpaired) electrons. The van der Waals surface area contributed by atoms with Gasteiger partial charge in [0.05, 0.1) is 0 Å². The zero-order chi connectivity index (χ0) is 14.7. The molecule has 1 saturated carbocycles. The molecule has 3 N–H and O–H groups in total. The van der Waals surface area contributed by atoms with Crippen molar-refractivity contribution < 1.29 is 14.6 Å². The number of rotatable bonds is 6. The molecule has 0 aliphatic heterocycles. The summed E-state index contributed by atoms with van der Waals surface area (Å²) in [6, 6.07) is 0. The number of hydrogen-bond donors (Lipinski definition) is 2. The van der Waals surface area contributed by atoms with Crippen LogP contribution in [0.1, 0.15) is 46.5 Å². The minimum Gasteiger partial charge on any atom is -0.384 e. The Balaban J connectivity index is 2.87. The van der Waals surface area contributed by atoms with E-state index >= 15 is 0 Å². The van der Waals surface area contributed by atoms with Crippen molar-refractivity contribution in [1.29, 1.82) is 0 Å². The van der Waals surface area contributed by atoms with Gasteiger partial charge in [0, 0.05) is 26.2 Å². The van der Waals surface area contributed by atoms with E-state index in [4.69, 9.17) is 15.2 Å². The average Bonchev–Trinajstić information content (AvgIpc) is 2.39. The first-order chi connectivity index (χ1) is 8.84. The molecule has 19 heavy (non-hydrogen) atoms. The highest BCUT2D eigenvalue weighted by Gasteiger charge is 2.53. The molecule has 0 spiro atoms. The molecule has 0 aromatic heterocycles. The van der Waals surface area contributed by atoms with Gasteiger partial charge in [0.2, 0.25) is 0 Å². The Labute approximate surface area is 117 Å². The molecule has 4 heteroatoms. The fourth-order valence-electron chi connectivity index (χ4n) is 3.58. The maximum absolute atomic E-state index is 10.9. The molecule has 4 nitrogen and oxygen atoms in total. The van der Waals surface area contributed by atoms with E-state index in [9.17, 15) is 5.11 Å². The van der Waals surface area contributed by atoms with Crippen LogP contribution in [0.5, 0.6) is 0 Å². The van der Waals surface area contributed by atoms with Crippen LogP contribution < -0.4 is 5.73 Å². The van der Waals surface area contributed by atoms with Gasteiger partial charge in [-0.25, -0.2) is 0 Å². The first-order valence-corrected chi connectivity index (χ1v) is 7.32. The largest absolute Gasteiger partial charge is 0.384 e. The predicted molar refractivity (Wildman–Crippen MR) is 76.7 cm³/mol. The van der Waals surface area contributed by atoms with Crippen LogP contribution in [0, 0.1) is 17.3 Å². The molecule has 0 amide bonds. The van der Waals surface area contributed by atoms with Gasteiger partial charge in [-0.2, -0.15) is 0 Å². The van der Waals surface area contributed by atoms with Crippen molar-refractivity contribution >= 4 is 0 Å². The number of ether oxygens (including phenoxy) is 2. The molecule has 0 saturated heterocycles. The molecule has 0 aromatic carbocycles. The minimum absolute atomic E-state index is 0.310. The van der Waals surface area contributed by atoms with Gasteiger partial charge in [-0.1, -0.05) is 13.8 Å². The maximum Gasteiger partial charge on any atom is 0.185 e. The van der Waals surface area contributed by atoms with Crippen molar-refractivity contribution in [3.05, 3.63) is 0 Å². The van der Waals surface area contributed by atoms with E-state index in [1.54, 1.807) is 21.1 Å². The summed E-state index contributed by atoms with van der Waals surface area (Å²) in [4.78, 5) is 0. The highest BCUT2D eigenvalue weighted by Crippen LogP contribution is 2.49. The van der Waals surface area contributed by atoms with Gasteiger partial charge in [0.25, 0.3) is 0 Å². The molecule has 0 aromatic rings.